The minimum atomic E-state index is -0.559. The highest BCUT2D eigenvalue weighted by Crippen LogP contribution is 2.24. The molecule has 1 aromatic rings. The first-order valence-corrected chi connectivity index (χ1v) is 52.8. The van der Waals surface area contributed by atoms with E-state index in [1.807, 2.05) is 4.90 Å². The second kappa shape index (κ2) is 86.7. The minimum absolute atomic E-state index is 0.00586. The second-order valence-electron chi connectivity index (χ2n) is 36.7. The van der Waals surface area contributed by atoms with Gasteiger partial charge in [-0.25, -0.2) is 0 Å². The highest BCUT2D eigenvalue weighted by molar-refractivity contribution is 5.81. The van der Waals surface area contributed by atoms with Crippen LogP contribution in [0.1, 0.15) is 498 Å². The zero-order valence-corrected chi connectivity index (χ0v) is 81.8. The summed E-state index contributed by atoms with van der Waals surface area (Å²) < 4.78 is 24.3. The highest BCUT2D eigenvalue weighted by Gasteiger charge is 2.23. The van der Waals surface area contributed by atoms with Crippen LogP contribution in [0.4, 0.5) is 11.4 Å². The fraction of sp³-hybridized carbons (Fsp3) is 0.904. The maximum atomic E-state index is 14.1. The lowest BCUT2D eigenvalue weighted by Gasteiger charge is -2.25. The molecule has 0 heterocycles. The van der Waals surface area contributed by atoms with Gasteiger partial charge in [-0.1, -0.05) is 325 Å². The van der Waals surface area contributed by atoms with E-state index in [1.165, 1.54) is 218 Å². The first-order chi connectivity index (χ1) is 60.1. The predicted octanol–water partition coefficient (Wildman–Crippen LogP) is 25.6. The van der Waals surface area contributed by atoms with Crippen molar-refractivity contribution in [2.45, 2.75) is 523 Å². The van der Waals surface area contributed by atoms with Crippen LogP contribution < -0.4 is 32.1 Å². The number of nitrogens with zero attached hydrogens (tertiary/aromatic N) is 3. The number of nitrogens with one attached hydrogen (secondary N) is 4. The van der Waals surface area contributed by atoms with Gasteiger partial charge in [-0.2, -0.15) is 0 Å². The van der Waals surface area contributed by atoms with Crippen LogP contribution in [-0.4, -0.2) is 160 Å². The van der Waals surface area contributed by atoms with Crippen LogP contribution >= 0.6 is 0 Å². The van der Waals surface area contributed by atoms with Crippen molar-refractivity contribution in [2.24, 2.45) is 0 Å². The van der Waals surface area contributed by atoms with Gasteiger partial charge in [0.25, 0.3) is 10.9 Å². The van der Waals surface area contributed by atoms with E-state index >= 15 is 0 Å². The van der Waals surface area contributed by atoms with Crippen LogP contribution in [0.15, 0.2) is 9.59 Å². The van der Waals surface area contributed by atoms with E-state index in [0.717, 1.165) is 219 Å². The van der Waals surface area contributed by atoms with Crippen molar-refractivity contribution >= 4 is 47.1 Å². The van der Waals surface area contributed by atoms with Crippen LogP contribution in [-0.2, 0) is 47.7 Å². The first kappa shape index (κ1) is 116. The van der Waals surface area contributed by atoms with E-state index in [4.69, 9.17) is 18.9 Å². The summed E-state index contributed by atoms with van der Waals surface area (Å²) in [7, 11) is 1.61. The predicted molar refractivity (Wildman–Crippen MR) is 518 cm³/mol. The summed E-state index contributed by atoms with van der Waals surface area (Å²) in [6.45, 7) is 24.0. The lowest BCUT2D eigenvalue weighted by atomic mass is 10.0. The zero-order valence-electron chi connectivity index (χ0n) is 81.8. The van der Waals surface area contributed by atoms with Gasteiger partial charge in [0.15, 0.2) is 0 Å². The molecule has 0 aliphatic heterocycles. The molecular formula is C104H197N7O12. The number of rotatable bonds is 96. The highest BCUT2D eigenvalue weighted by atomic mass is 16.6. The van der Waals surface area contributed by atoms with Crippen LogP contribution in [0.2, 0.25) is 0 Å². The number of hydrogen-bond acceptors (Lipinski definition) is 17. The molecule has 19 heteroatoms. The van der Waals surface area contributed by atoms with Gasteiger partial charge in [0.05, 0.1) is 13.1 Å². The van der Waals surface area contributed by atoms with E-state index in [-0.39, 0.29) is 84.6 Å². The van der Waals surface area contributed by atoms with Gasteiger partial charge in [0, 0.05) is 72.0 Å². The third kappa shape index (κ3) is 71.0. The number of carbonyl (C=O) groups is 6. The van der Waals surface area contributed by atoms with E-state index in [0.29, 0.717) is 71.4 Å². The summed E-state index contributed by atoms with van der Waals surface area (Å²) in [5, 5.41) is 12.3. The summed E-state index contributed by atoms with van der Waals surface area (Å²) >= 11 is 0. The van der Waals surface area contributed by atoms with Gasteiger partial charge in [-0.3, -0.25) is 43.3 Å². The van der Waals surface area contributed by atoms with E-state index in [1.54, 1.807) is 7.05 Å². The normalized spacial score (nSPS) is 12.2. The molecule has 720 valence electrons. The number of esters is 4. The smallest absolute Gasteiger partial charge is 0.306 e. The minimum Gasteiger partial charge on any atom is -0.462 e. The Morgan fingerprint density at radius 3 is 0.756 bits per heavy atom. The molecule has 1 aromatic carbocycles. The van der Waals surface area contributed by atoms with Crippen molar-refractivity contribution in [2.75, 3.05) is 96.2 Å². The number of unbranched alkanes of at least 4 members (excludes halogenated alkanes) is 46. The Kier molecular flexibility index (Phi) is 82.1. The standard InChI is InChI=1S/C104H197N7O12/c1-10-18-24-30-36-38-46-54-69-91(16-7)120-97(114)77-62-52-66-84-109(82-64-50-40-48-60-75-99(116)122-93(71-56-42-32-26-20-12-3)72-57-43-33-27-21-13-4)87-80-106-95(112)89-111(86-68-79-108-102-101(105-9)103(118)104(102)119)90-96(113)107-81-88-110(85-67-53-63-78-98(115)121-92(17-8)70-55-47-39-37-31-25-19-11-2)83-65-51-41-49-61-76-100(117)123-94(73-58-44-34-28-22-14-5)74-59-45-35-29-23-15-6/h91-94,105,108H,10-90H2,1-9H3,(H,106,112)(H,107,113). The average molecular weight is 1740 g/mol. The van der Waals surface area contributed by atoms with Crippen LogP contribution in [0.5, 0.6) is 0 Å². The summed E-state index contributed by atoms with van der Waals surface area (Å²) in [5.41, 5.74) is -0.587. The first-order valence-electron chi connectivity index (χ1n) is 52.8. The Balaban J connectivity index is 3.19. The lowest BCUT2D eigenvalue weighted by Crippen LogP contribution is -2.46. The monoisotopic (exact) mass is 1740 g/mol. The molecule has 4 N–H and O–H groups in total. The molecule has 0 aromatic heterocycles. The Morgan fingerprint density at radius 2 is 0.480 bits per heavy atom. The number of amides is 2. The Labute approximate surface area is 755 Å². The van der Waals surface area contributed by atoms with Crippen molar-refractivity contribution in [3.63, 3.8) is 0 Å². The lowest BCUT2D eigenvalue weighted by molar-refractivity contribution is -0.151. The molecule has 0 spiro atoms. The maximum absolute atomic E-state index is 14.1. The van der Waals surface area contributed by atoms with Gasteiger partial charge < -0.3 is 50.0 Å². The van der Waals surface area contributed by atoms with Crippen molar-refractivity contribution < 1.29 is 47.7 Å². The third-order valence-electron chi connectivity index (χ3n) is 25.2. The molecule has 0 saturated carbocycles. The molecule has 0 aliphatic carbocycles. The SMILES string of the molecule is CCCCCCCCCCC(CC)OC(=O)CCCCCN(CCCCCCCC(=O)OC(CCCCCCCC)CCCCCCCC)CCNC(=O)CN(CCCNc1c(NC)c(=O)c1=O)CC(=O)NCCN(CCCCCCCC(=O)OC(CCCCCCCC)CCCCCCCC)CCCCCC(=O)OC(CC)CCCCCCCCCC. The molecule has 2 atom stereocenters. The van der Waals surface area contributed by atoms with E-state index in [2.05, 4.69) is 86.5 Å². The molecule has 0 saturated heterocycles. The fourth-order valence-corrected chi connectivity index (χ4v) is 17.1. The van der Waals surface area contributed by atoms with Crippen LogP contribution in [0, 0.1) is 0 Å². The van der Waals surface area contributed by atoms with Gasteiger partial charge in [-0.05, 0) is 174 Å². The van der Waals surface area contributed by atoms with Crippen molar-refractivity contribution in [3.05, 3.63) is 20.4 Å². The largest absolute Gasteiger partial charge is 0.462 e. The second-order valence-corrected chi connectivity index (χ2v) is 36.7. The number of ether oxygens (including phenoxy) is 4. The topological polar surface area (TPSA) is 231 Å². The number of hydrogen-bond donors (Lipinski definition) is 4. The molecule has 19 nitrogen and oxygen atoms in total. The number of anilines is 2. The van der Waals surface area contributed by atoms with Crippen LogP contribution in [0.3, 0.4) is 0 Å². The van der Waals surface area contributed by atoms with E-state index < -0.39 is 10.9 Å². The van der Waals surface area contributed by atoms with Gasteiger partial charge >= 0.3 is 23.9 Å². The molecule has 0 aliphatic rings. The van der Waals surface area contributed by atoms with Crippen molar-refractivity contribution in [3.8, 4) is 0 Å². The molecule has 123 heavy (non-hydrogen) atoms. The summed E-state index contributed by atoms with van der Waals surface area (Å²) in [6.07, 6.45) is 74.1. The third-order valence-corrected chi connectivity index (χ3v) is 25.2. The van der Waals surface area contributed by atoms with Gasteiger partial charge in [0.1, 0.15) is 35.8 Å². The molecule has 2 unspecified atom stereocenters. The molecule has 0 bridgehead atoms. The van der Waals surface area contributed by atoms with Crippen molar-refractivity contribution in [1.29, 1.82) is 0 Å². The molecule has 2 amide bonds. The Hall–Kier alpha value is -4.62. The molecule has 0 radical (unpaired) electrons. The molecule has 0 fully saturated rings. The average Bonchev–Trinajstić information content (AvgIpc) is 0.788. The zero-order chi connectivity index (χ0) is 89.7. The van der Waals surface area contributed by atoms with Crippen LogP contribution in [0.25, 0.3) is 0 Å². The maximum Gasteiger partial charge on any atom is 0.306 e. The molecular weight excluding hydrogens is 1540 g/mol. The van der Waals surface area contributed by atoms with Gasteiger partial charge in [0.2, 0.25) is 11.8 Å². The quantitative estimate of drug-likeness (QED) is 0.0206. The van der Waals surface area contributed by atoms with Gasteiger partial charge in [-0.15, -0.1) is 0 Å². The van der Waals surface area contributed by atoms with E-state index in [9.17, 15) is 38.4 Å². The summed E-state index contributed by atoms with van der Waals surface area (Å²) in [5.74, 6) is -0.677. The number of carbonyl (C=O) groups excluding carboxylic acids is 6. The summed E-state index contributed by atoms with van der Waals surface area (Å²) in [6, 6.07) is 0. The Bertz CT molecular complexity index is 2500. The summed E-state index contributed by atoms with van der Waals surface area (Å²) in [4.78, 5) is 112. The Morgan fingerprint density at radius 1 is 0.252 bits per heavy atom. The fourth-order valence-electron chi connectivity index (χ4n) is 17.1. The van der Waals surface area contributed by atoms with Crippen molar-refractivity contribution in [1.82, 2.24) is 25.3 Å². The molecule has 1 rings (SSSR count).